The van der Waals surface area contributed by atoms with Crippen LogP contribution in [0.5, 0.6) is 17.4 Å². The summed E-state index contributed by atoms with van der Waals surface area (Å²) in [6.07, 6.45) is 2.98. The molecule has 0 aliphatic rings. The second kappa shape index (κ2) is 5.18. The maximum atomic E-state index is 9.55. The fourth-order valence-corrected chi connectivity index (χ4v) is 1.39. The summed E-state index contributed by atoms with van der Waals surface area (Å²) in [5.41, 5.74) is 0.629. The zero-order chi connectivity index (χ0) is 10.1. The number of aromatic hydroxyl groups is 1. The summed E-state index contributed by atoms with van der Waals surface area (Å²) >= 11 is 0. The maximum Gasteiger partial charge on any atom is 1.00 e. The molecule has 6 heteroatoms. The van der Waals surface area contributed by atoms with E-state index in [0.29, 0.717) is 22.5 Å². The molecule has 5 nitrogen and oxygen atoms in total. The molecule has 0 amide bonds. The fourth-order valence-electron chi connectivity index (χ4n) is 1.39. The van der Waals surface area contributed by atoms with Gasteiger partial charge in [0.2, 0.25) is 5.88 Å². The molecule has 0 fully saturated rings. The maximum absolute atomic E-state index is 9.55. The third-order valence-corrected chi connectivity index (χ3v) is 2.03. The number of ether oxygens (including phenoxy) is 2. The number of methoxy groups -OCH3 is 2. The van der Waals surface area contributed by atoms with E-state index < -0.39 is 0 Å². The summed E-state index contributed by atoms with van der Waals surface area (Å²) in [4.78, 5) is 6.88. The molecule has 0 unspecified atom stereocenters. The molecular formula is C9H11KN2O3. The second-order valence-corrected chi connectivity index (χ2v) is 2.76. The molecule has 2 heterocycles. The van der Waals surface area contributed by atoms with Gasteiger partial charge in [0.15, 0.2) is 5.75 Å². The van der Waals surface area contributed by atoms with Crippen molar-refractivity contribution in [3.05, 3.63) is 12.4 Å². The van der Waals surface area contributed by atoms with E-state index in [-0.39, 0.29) is 58.6 Å². The van der Waals surface area contributed by atoms with Gasteiger partial charge in [-0.3, -0.25) is 0 Å². The first-order chi connectivity index (χ1) is 6.77. The second-order valence-electron chi connectivity index (χ2n) is 2.76. The molecule has 0 aliphatic carbocycles. The average Bonchev–Trinajstić information content (AvgIpc) is 2.60. The molecule has 0 bridgehead atoms. The minimum Gasteiger partial charge on any atom is -1.00 e. The Labute approximate surface area is 131 Å². The van der Waals surface area contributed by atoms with E-state index in [2.05, 4.69) is 9.97 Å². The van der Waals surface area contributed by atoms with Crippen molar-refractivity contribution < 1.29 is 67.4 Å². The molecule has 2 aromatic heterocycles. The normalized spacial score (nSPS) is 9.73. The number of pyridine rings is 1. The first kappa shape index (κ1) is 12.8. The van der Waals surface area contributed by atoms with Gasteiger partial charge in [0, 0.05) is 6.20 Å². The zero-order valence-electron chi connectivity index (χ0n) is 9.87. The van der Waals surface area contributed by atoms with Gasteiger partial charge in [-0.15, -0.1) is 0 Å². The number of H-pyrrole nitrogens is 1. The van der Waals surface area contributed by atoms with Crippen LogP contribution < -0.4 is 60.9 Å². The van der Waals surface area contributed by atoms with Crippen molar-refractivity contribution in [3.63, 3.8) is 0 Å². The van der Waals surface area contributed by atoms with Crippen LogP contribution in [0.3, 0.4) is 0 Å². The van der Waals surface area contributed by atoms with E-state index in [9.17, 15) is 5.11 Å². The summed E-state index contributed by atoms with van der Waals surface area (Å²) in [6, 6.07) is 0. The molecular weight excluding hydrogens is 223 g/mol. The number of hydrogen-bond acceptors (Lipinski definition) is 4. The third-order valence-electron chi connectivity index (χ3n) is 2.03. The van der Waals surface area contributed by atoms with Gasteiger partial charge in [0.25, 0.3) is 0 Å². The third kappa shape index (κ3) is 2.14. The Morgan fingerprint density at radius 1 is 1.40 bits per heavy atom. The molecule has 0 saturated carbocycles. The van der Waals surface area contributed by atoms with E-state index in [4.69, 9.17) is 9.47 Å². The van der Waals surface area contributed by atoms with Crippen molar-refractivity contribution in [1.29, 1.82) is 0 Å². The summed E-state index contributed by atoms with van der Waals surface area (Å²) < 4.78 is 10.1. The van der Waals surface area contributed by atoms with Crippen molar-refractivity contribution in [2.75, 3.05) is 14.2 Å². The van der Waals surface area contributed by atoms with Crippen LogP contribution in [0.2, 0.25) is 0 Å². The zero-order valence-corrected chi connectivity index (χ0v) is 12.0. The smallest absolute Gasteiger partial charge is 1.00 e. The minimum atomic E-state index is 0. The minimum absolute atomic E-state index is 0. The van der Waals surface area contributed by atoms with Gasteiger partial charge >= 0.3 is 51.4 Å². The van der Waals surface area contributed by atoms with Crippen molar-refractivity contribution in [1.82, 2.24) is 9.97 Å². The molecule has 2 aromatic rings. The molecule has 0 spiro atoms. The number of rotatable bonds is 2. The number of aromatic amines is 1. The standard InChI is InChI=1S/C9H10N2O3.K.H/c1-13-6-4-11-9(14-2)8-7(6)5(12)3-10-8;;/h3-4,10,12H,1-2H3;;/q;+1;-1. The van der Waals surface area contributed by atoms with E-state index in [1.165, 1.54) is 26.6 Å². The average molecular weight is 234 g/mol. The van der Waals surface area contributed by atoms with Gasteiger partial charge in [-0.1, -0.05) is 0 Å². The van der Waals surface area contributed by atoms with Crippen LogP contribution in [0.1, 0.15) is 1.43 Å². The monoisotopic (exact) mass is 234 g/mol. The molecule has 0 aromatic carbocycles. The topological polar surface area (TPSA) is 67.4 Å². The van der Waals surface area contributed by atoms with Gasteiger partial charge in [0.05, 0.1) is 25.8 Å². The molecule has 15 heavy (non-hydrogen) atoms. The molecule has 76 valence electrons. The Morgan fingerprint density at radius 3 is 2.73 bits per heavy atom. The summed E-state index contributed by atoms with van der Waals surface area (Å²) in [6.45, 7) is 0. The van der Waals surface area contributed by atoms with Crippen LogP contribution in [0.4, 0.5) is 0 Å². The number of fused-ring (bicyclic) bond motifs is 1. The van der Waals surface area contributed by atoms with Crippen LogP contribution in [-0.2, 0) is 0 Å². The van der Waals surface area contributed by atoms with Crippen LogP contribution in [0.25, 0.3) is 10.9 Å². The Hall–Kier alpha value is -0.274. The van der Waals surface area contributed by atoms with Gasteiger partial charge in [-0.2, -0.15) is 0 Å². The van der Waals surface area contributed by atoms with Crippen LogP contribution in [0.15, 0.2) is 12.4 Å². The van der Waals surface area contributed by atoms with Crippen molar-refractivity contribution in [2.24, 2.45) is 0 Å². The van der Waals surface area contributed by atoms with Gasteiger partial charge in [-0.25, -0.2) is 4.98 Å². The summed E-state index contributed by atoms with van der Waals surface area (Å²) in [7, 11) is 3.04. The molecule has 2 N–H and O–H groups in total. The first-order valence-electron chi connectivity index (χ1n) is 4.05. The number of nitrogens with zero attached hydrogens (tertiary/aromatic N) is 1. The molecule has 0 aliphatic heterocycles. The molecule has 2 rings (SSSR count). The fraction of sp³-hybridized carbons (Fsp3) is 0.222. The van der Waals surface area contributed by atoms with Crippen molar-refractivity contribution in [3.8, 4) is 17.4 Å². The van der Waals surface area contributed by atoms with Crippen molar-refractivity contribution >= 4 is 10.9 Å². The Balaban J connectivity index is 0.00000112. The predicted octanol–water partition coefficient (Wildman–Crippen LogP) is -1.60. The Morgan fingerprint density at radius 2 is 2.13 bits per heavy atom. The SMILES string of the molecule is COc1ncc(OC)c2c(O)c[nH]c12.[H-].[K+]. The summed E-state index contributed by atoms with van der Waals surface area (Å²) in [5.74, 6) is 1.07. The molecule has 0 radical (unpaired) electrons. The van der Waals surface area contributed by atoms with Gasteiger partial charge in [0.1, 0.15) is 11.3 Å². The van der Waals surface area contributed by atoms with Crippen LogP contribution in [0, 0.1) is 0 Å². The number of aromatic nitrogens is 2. The van der Waals surface area contributed by atoms with E-state index in [0.717, 1.165) is 0 Å². The number of hydrogen-bond donors (Lipinski definition) is 2. The Bertz CT molecular complexity index is 475. The quantitative estimate of drug-likeness (QED) is 0.614. The molecule has 0 atom stereocenters. The van der Waals surface area contributed by atoms with Gasteiger partial charge < -0.3 is 21.0 Å². The first-order valence-corrected chi connectivity index (χ1v) is 4.05. The van der Waals surface area contributed by atoms with Gasteiger partial charge in [-0.05, 0) is 0 Å². The Kier molecular flexibility index (Phi) is 4.41. The predicted molar refractivity (Wildman–Crippen MR) is 52.0 cm³/mol. The summed E-state index contributed by atoms with van der Waals surface area (Å²) in [5, 5.41) is 10.1. The number of nitrogens with one attached hydrogen (secondary N) is 1. The van der Waals surface area contributed by atoms with E-state index >= 15 is 0 Å². The van der Waals surface area contributed by atoms with E-state index in [1.807, 2.05) is 0 Å². The van der Waals surface area contributed by atoms with Crippen LogP contribution in [-0.4, -0.2) is 29.3 Å². The largest absolute Gasteiger partial charge is 1.00 e. The van der Waals surface area contributed by atoms with Crippen molar-refractivity contribution in [2.45, 2.75) is 0 Å². The van der Waals surface area contributed by atoms with Crippen LogP contribution >= 0.6 is 0 Å². The van der Waals surface area contributed by atoms with E-state index in [1.54, 1.807) is 0 Å². The molecule has 0 saturated heterocycles.